The average Bonchev–Trinajstić information content (AvgIpc) is 2.82. The van der Waals surface area contributed by atoms with Crippen LogP contribution in [-0.2, 0) is 16.6 Å². The number of nitrogens with zero attached hydrogens (tertiary/aromatic N) is 1. The molecule has 0 radical (unpaired) electrons. The molecule has 2 aromatic rings. The Labute approximate surface area is 109 Å². The summed E-state index contributed by atoms with van der Waals surface area (Å²) in [6.07, 6.45) is 1.19. The van der Waals surface area contributed by atoms with Gasteiger partial charge in [0.2, 0.25) is 0 Å². The minimum absolute atomic E-state index is 0.111. The number of halogens is 1. The minimum atomic E-state index is -4.02. The third-order valence-corrected chi connectivity index (χ3v) is 3.87. The first-order valence-corrected chi connectivity index (χ1v) is 6.84. The predicted octanol–water partition coefficient (Wildman–Crippen LogP) is 1.15. The average molecular weight is 285 g/mol. The lowest BCUT2D eigenvalue weighted by atomic mass is 10.2. The summed E-state index contributed by atoms with van der Waals surface area (Å²) in [5.74, 6) is -0.673. The van der Waals surface area contributed by atoms with E-state index in [0.29, 0.717) is 5.56 Å². The summed E-state index contributed by atoms with van der Waals surface area (Å²) in [5, 5.41) is 14.5. The van der Waals surface area contributed by atoms with E-state index in [-0.39, 0.29) is 16.3 Å². The van der Waals surface area contributed by atoms with Crippen LogP contribution in [0.2, 0.25) is 0 Å². The van der Waals surface area contributed by atoms with E-state index in [1.807, 2.05) is 0 Å². The fraction of sp³-hybridized carbons (Fsp3) is 0.182. The standard InChI is InChI=1S/C11H12FN3O3S/c1-7-2-3-10(9(12)4-7)15-19(17,18)11-8(6-16)5-13-14-11/h2-5,15-16H,6H2,1H3,(H,13,14). The molecule has 0 spiro atoms. The van der Waals surface area contributed by atoms with Crippen LogP contribution in [0.1, 0.15) is 11.1 Å². The summed E-state index contributed by atoms with van der Waals surface area (Å²) < 4.78 is 39.7. The second-order valence-electron chi connectivity index (χ2n) is 3.97. The molecule has 6 nitrogen and oxygen atoms in total. The number of aliphatic hydroxyl groups is 1. The Morgan fingerprint density at radius 2 is 2.21 bits per heavy atom. The number of hydrogen-bond acceptors (Lipinski definition) is 4. The Bertz CT molecular complexity index is 697. The SMILES string of the molecule is Cc1ccc(NS(=O)(=O)c2[nH]ncc2CO)c(F)c1. The van der Waals surface area contributed by atoms with Gasteiger partial charge in [-0.25, -0.2) is 4.39 Å². The molecule has 0 saturated heterocycles. The Hall–Kier alpha value is -1.93. The van der Waals surface area contributed by atoms with Crippen LogP contribution in [0.4, 0.5) is 10.1 Å². The number of aryl methyl sites for hydroxylation is 1. The Balaban J connectivity index is 2.37. The lowest BCUT2D eigenvalue weighted by Crippen LogP contribution is -2.16. The van der Waals surface area contributed by atoms with Gasteiger partial charge in [0.1, 0.15) is 5.82 Å². The van der Waals surface area contributed by atoms with Gasteiger partial charge in [-0.1, -0.05) is 6.07 Å². The van der Waals surface area contributed by atoms with Gasteiger partial charge < -0.3 is 5.11 Å². The summed E-state index contributed by atoms with van der Waals surface area (Å²) in [5.41, 5.74) is 0.627. The number of aromatic nitrogens is 2. The molecule has 2 rings (SSSR count). The summed E-state index contributed by atoms with van der Waals surface area (Å²) in [6, 6.07) is 4.13. The molecule has 0 fully saturated rings. The van der Waals surface area contributed by atoms with Crippen LogP contribution in [0.5, 0.6) is 0 Å². The van der Waals surface area contributed by atoms with E-state index in [9.17, 15) is 12.8 Å². The Morgan fingerprint density at radius 3 is 2.84 bits per heavy atom. The van der Waals surface area contributed by atoms with Crippen molar-refractivity contribution >= 4 is 15.7 Å². The molecule has 0 atom stereocenters. The first kappa shape index (κ1) is 13.5. The summed E-state index contributed by atoms with van der Waals surface area (Å²) in [7, 11) is -4.02. The van der Waals surface area contributed by atoms with Crippen molar-refractivity contribution < 1.29 is 17.9 Å². The van der Waals surface area contributed by atoms with Crippen LogP contribution < -0.4 is 4.72 Å². The quantitative estimate of drug-likeness (QED) is 0.785. The highest BCUT2D eigenvalue weighted by atomic mass is 32.2. The molecule has 1 aromatic heterocycles. The fourth-order valence-corrected chi connectivity index (χ4v) is 2.74. The fourth-order valence-electron chi connectivity index (χ4n) is 1.54. The highest BCUT2D eigenvalue weighted by Gasteiger charge is 2.21. The lowest BCUT2D eigenvalue weighted by molar-refractivity contribution is 0.278. The second kappa shape index (κ2) is 4.98. The van der Waals surface area contributed by atoms with Gasteiger partial charge in [-0.3, -0.25) is 9.82 Å². The summed E-state index contributed by atoms with van der Waals surface area (Å²) in [6.45, 7) is 1.21. The van der Waals surface area contributed by atoms with Crippen LogP contribution in [0.3, 0.4) is 0 Å². The highest BCUT2D eigenvalue weighted by molar-refractivity contribution is 7.92. The van der Waals surface area contributed by atoms with Crippen molar-refractivity contribution in [2.45, 2.75) is 18.6 Å². The zero-order valence-corrected chi connectivity index (χ0v) is 10.8. The molecule has 3 N–H and O–H groups in total. The van der Waals surface area contributed by atoms with Crippen molar-refractivity contribution in [1.29, 1.82) is 0 Å². The van der Waals surface area contributed by atoms with Crippen LogP contribution >= 0.6 is 0 Å². The highest BCUT2D eigenvalue weighted by Crippen LogP contribution is 2.20. The van der Waals surface area contributed by atoms with Crippen LogP contribution in [0, 0.1) is 12.7 Å². The zero-order valence-electron chi connectivity index (χ0n) is 10.0. The Morgan fingerprint density at radius 1 is 1.47 bits per heavy atom. The van der Waals surface area contributed by atoms with Crippen molar-refractivity contribution in [1.82, 2.24) is 10.2 Å². The number of H-pyrrole nitrogens is 1. The van der Waals surface area contributed by atoms with E-state index in [1.165, 1.54) is 18.3 Å². The molecule has 1 aromatic carbocycles. The molecular weight excluding hydrogens is 273 g/mol. The molecule has 8 heteroatoms. The molecular formula is C11H12FN3O3S. The molecule has 0 aliphatic carbocycles. The van der Waals surface area contributed by atoms with Gasteiger partial charge in [-0.05, 0) is 24.6 Å². The molecule has 0 saturated carbocycles. The maximum atomic E-state index is 13.6. The third-order valence-electron chi connectivity index (χ3n) is 2.49. The van der Waals surface area contributed by atoms with Gasteiger partial charge in [0.05, 0.1) is 18.5 Å². The number of sulfonamides is 1. The van der Waals surface area contributed by atoms with E-state index in [4.69, 9.17) is 5.11 Å². The largest absolute Gasteiger partial charge is 0.392 e. The van der Waals surface area contributed by atoms with E-state index in [2.05, 4.69) is 14.9 Å². The van der Waals surface area contributed by atoms with E-state index in [0.717, 1.165) is 0 Å². The molecule has 0 aliphatic rings. The number of anilines is 1. The van der Waals surface area contributed by atoms with E-state index >= 15 is 0 Å². The van der Waals surface area contributed by atoms with Crippen LogP contribution in [0.25, 0.3) is 0 Å². The number of benzene rings is 1. The number of aromatic amines is 1. The van der Waals surface area contributed by atoms with E-state index in [1.54, 1.807) is 13.0 Å². The molecule has 19 heavy (non-hydrogen) atoms. The van der Waals surface area contributed by atoms with Gasteiger partial charge in [-0.2, -0.15) is 13.5 Å². The lowest BCUT2D eigenvalue weighted by Gasteiger charge is -2.08. The molecule has 0 bridgehead atoms. The zero-order chi connectivity index (χ0) is 14.0. The summed E-state index contributed by atoms with van der Waals surface area (Å²) in [4.78, 5) is 0. The van der Waals surface area contributed by atoms with E-state index < -0.39 is 22.4 Å². The van der Waals surface area contributed by atoms with Crippen molar-refractivity contribution in [3.05, 3.63) is 41.3 Å². The number of nitrogens with one attached hydrogen (secondary N) is 2. The molecule has 102 valence electrons. The first-order chi connectivity index (χ1) is 8.94. The first-order valence-electron chi connectivity index (χ1n) is 5.36. The Kier molecular flexibility index (Phi) is 3.54. The van der Waals surface area contributed by atoms with Gasteiger partial charge in [-0.15, -0.1) is 0 Å². The maximum absolute atomic E-state index is 13.6. The topological polar surface area (TPSA) is 95.1 Å². The molecule has 0 unspecified atom stereocenters. The molecule has 1 heterocycles. The summed E-state index contributed by atoms with van der Waals surface area (Å²) >= 11 is 0. The van der Waals surface area contributed by atoms with Crippen LogP contribution in [0.15, 0.2) is 29.4 Å². The van der Waals surface area contributed by atoms with Crippen molar-refractivity contribution in [2.75, 3.05) is 4.72 Å². The molecule has 0 aliphatic heterocycles. The smallest absolute Gasteiger partial charge is 0.279 e. The van der Waals surface area contributed by atoms with Crippen molar-refractivity contribution in [3.63, 3.8) is 0 Å². The number of hydrogen-bond donors (Lipinski definition) is 3. The predicted molar refractivity (Wildman–Crippen MR) is 66.5 cm³/mol. The van der Waals surface area contributed by atoms with Gasteiger partial charge in [0.15, 0.2) is 5.03 Å². The minimum Gasteiger partial charge on any atom is -0.392 e. The van der Waals surface area contributed by atoms with Gasteiger partial charge in [0.25, 0.3) is 10.0 Å². The number of aliphatic hydroxyl groups excluding tert-OH is 1. The van der Waals surface area contributed by atoms with Crippen LogP contribution in [-0.4, -0.2) is 23.7 Å². The third kappa shape index (κ3) is 2.74. The monoisotopic (exact) mass is 285 g/mol. The van der Waals surface area contributed by atoms with Crippen molar-refractivity contribution in [2.24, 2.45) is 0 Å². The van der Waals surface area contributed by atoms with Gasteiger partial charge >= 0.3 is 0 Å². The maximum Gasteiger partial charge on any atom is 0.279 e. The molecule has 0 amide bonds. The van der Waals surface area contributed by atoms with Crippen molar-refractivity contribution in [3.8, 4) is 0 Å². The number of rotatable bonds is 4. The van der Waals surface area contributed by atoms with Gasteiger partial charge in [0, 0.05) is 5.56 Å². The normalized spacial score (nSPS) is 11.5. The second-order valence-corrected chi connectivity index (χ2v) is 5.59.